The number of aliphatic imine (C=N–C) groups is 1. The molecule has 168 valence electrons. The van der Waals surface area contributed by atoms with Gasteiger partial charge in [0.05, 0.1) is 29.5 Å². The SMILES string of the molecule is COc1cc(C=Nc2ccc([C@@H]3Nc4ccc(C)cc4[C@H]4C=CC[C@H]43)cc2)cc(I)c1OC. The van der Waals surface area contributed by atoms with Crippen LogP contribution in [0.25, 0.3) is 0 Å². The highest BCUT2D eigenvalue weighted by Crippen LogP contribution is 2.50. The summed E-state index contributed by atoms with van der Waals surface area (Å²) in [6.07, 6.45) is 7.70. The molecule has 0 fully saturated rings. The second kappa shape index (κ2) is 9.21. The fourth-order valence-electron chi connectivity index (χ4n) is 4.97. The zero-order valence-electron chi connectivity index (χ0n) is 19.0. The van der Waals surface area contributed by atoms with Crippen LogP contribution in [-0.4, -0.2) is 20.4 Å². The molecule has 0 bridgehead atoms. The summed E-state index contributed by atoms with van der Waals surface area (Å²) in [7, 11) is 3.30. The number of aryl methyl sites for hydroxylation is 1. The number of benzene rings is 3. The lowest BCUT2D eigenvalue weighted by Gasteiger charge is -2.37. The zero-order valence-corrected chi connectivity index (χ0v) is 21.2. The first kappa shape index (κ1) is 22.0. The van der Waals surface area contributed by atoms with Crippen molar-refractivity contribution in [1.82, 2.24) is 0 Å². The van der Waals surface area contributed by atoms with E-state index in [-0.39, 0.29) is 0 Å². The number of anilines is 1. The number of halogens is 1. The van der Waals surface area contributed by atoms with E-state index in [4.69, 9.17) is 9.47 Å². The van der Waals surface area contributed by atoms with Gasteiger partial charge >= 0.3 is 0 Å². The van der Waals surface area contributed by atoms with Gasteiger partial charge in [-0.15, -0.1) is 0 Å². The summed E-state index contributed by atoms with van der Waals surface area (Å²) in [5.74, 6) is 2.48. The normalized spacial score (nSPS) is 20.9. The van der Waals surface area contributed by atoms with Crippen molar-refractivity contribution < 1.29 is 9.47 Å². The zero-order chi connectivity index (χ0) is 22.9. The van der Waals surface area contributed by atoms with Gasteiger partial charge in [-0.2, -0.15) is 0 Å². The highest BCUT2D eigenvalue weighted by molar-refractivity contribution is 14.1. The monoisotopic (exact) mass is 550 g/mol. The highest BCUT2D eigenvalue weighted by atomic mass is 127. The predicted molar refractivity (Wildman–Crippen MR) is 143 cm³/mol. The Morgan fingerprint density at radius 3 is 2.61 bits per heavy atom. The number of nitrogens with one attached hydrogen (secondary N) is 1. The van der Waals surface area contributed by atoms with Crippen molar-refractivity contribution in [2.24, 2.45) is 10.9 Å². The van der Waals surface area contributed by atoms with Gasteiger partial charge in [-0.05, 0) is 88.9 Å². The quantitative estimate of drug-likeness (QED) is 0.208. The summed E-state index contributed by atoms with van der Waals surface area (Å²) < 4.78 is 11.9. The van der Waals surface area contributed by atoms with Crippen LogP contribution >= 0.6 is 22.6 Å². The van der Waals surface area contributed by atoms with Crippen molar-refractivity contribution in [2.75, 3.05) is 19.5 Å². The second-order valence-corrected chi connectivity index (χ2v) is 9.82. The maximum absolute atomic E-state index is 5.46. The smallest absolute Gasteiger partial charge is 0.174 e. The van der Waals surface area contributed by atoms with E-state index in [1.54, 1.807) is 14.2 Å². The van der Waals surface area contributed by atoms with E-state index in [1.165, 1.54) is 22.4 Å². The Hall–Kier alpha value is -2.80. The predicted octanol–water partition coefficient (Wildman–Crippen LogP) is 7.19. The molecule has 3 atom stereocenters. The third-order valence-corrected chi connectivity index (χ3v) is 7.39. The van der Waals surface area contributed by atoms with E-state index in [2.05, 4.69) is 94.4 Å². The Morgan fingerprint density at radius 2 is 1.85 bits per heavy atom. The van der Waals surface area contributed by atoms with E-state index >= 15 is 0 Å². The van der Waals surface area contributed by atoms with Crippen molar-refractivity contribution in [2.45, 2.75) is 25.3 Å². The lowest BCUT2D eigenvalue weighted by Crippen LogP contribution is -2.29. The molecular formula is C28H27IN2O2. The summed E-state index contributed by atoms with van der Waals surface area (Å²) in [6, 6.07) is 19.6. The average molecular weight is 550 g/mol. The summed E-state index contributed by atoms with van der Waals surface area (Å²) in [5, 5.41) is 3.81. The molecule has 33 heavy (non-hydrogen) atoms. The molecule has 0 amide bonds. The summed E-state index contributed by atoms with van der Waals surface area (Å²) in [6.45, 7) is 2.17. The Labute approximate surface area is 208 Å². The van der Waals surface area contributed by atoms with Gasteiger partial charge in [0.15, 0.2) is 11.5 Å². The third-order valence-electron chi connectivity index (χ3n) is 6.59. The number of nitrogens with zero attached hydrogens (tertiary/aromatic N) is 1. The first-order valence-electron chi connectivity index (χ1n) is 11.2. The van der Waals surface area contributed by atoms with Crippen LogP contribution in [0.5, 0.6) is 11.5 Å². The van der Waals surface area contributed by atoms with Gasteiger partial charge in [-0.25, -0.2) is 0 Å². The Morgan fingerprint density at radius 1 is 1.03 bits per heavy atom. The average Bonchev–Trinajstić information content (AvgIpc) is 3.33. The van der Waals surface area contributed by atoms with Crippen LogP contribution in [0.3, 0.4) is 0 Å². The number of hydrogen-bond donors (Lipinski definition) is 1. The van der Waals surface area contributed by atoms with Crippen LogP contribution in [0.1, 0.15) is 40.6 Å². The first-order valence-corrected chi connectivity index (χ1v) is 12.2. The van der Waals surface area contributed by atoms with Crippen molar-refractivity contribution in [3.8, 4) is 11.5 Å². The molecule has 0 unspecified atom stereocenters. The van der Waals surface area contributed by atoms with Gasteiger partial charge in [0.25, 0.3) is 0 Å². The molecule has 0 spiro atoms. The van der Waals surface area contributed by atoms with Crippen molar-refractivity contribution in [3.05, 3.63) is 92.6 Å². The molecule has 5 heteroatoms. The van der Waals surface area contributed by atoms with Crippen LogP contribution in [0.2, 0.25) is 0 Å². The van der Waals surface area contributed by atoms with Crippen LogP contribution in [-0.2, 0) is 0 Å². The van der Waals surface area contributed by atoms with Crippen molar-refractivity contribution >= 4 is 40.2 Å². The molecule has 1 aliphatic heterocycles. The maximum Gasteiger partial charge on any atom is 0.174 e. The minimum atomic E-state index is 0.297. The van der Waals surface area contributed by atoms with E-state index in [0.717, 1.165) is 27.0 Å². The van der Waals surface area contributed by atoms with Crippen LogP contribution in [0.15, 0.2) is 71.7 Å². The first-order chi connectivity index (χ1) is 16.1. The van der Waals surface area contributed by atoms with Gasteiger partial charge in [0.2, 0.25) is 0 Å². The summed E-state index contributed by atoms with van der Waals surface area (Å²) >= 11 is 2.25. The molecule has 4 nitrogen and oxygen atoms in total. The van der Waals surface area contributed by atoms with Gasteiger partial charge in [0, 0.05) is 17.8 Å². The number of ether oxygens (including phenoxy) is 2. The van der Waals surface area contributed by atoms with Gasteiger partial charge in [0.1, 0.15) is 0 Å². The molecule has 0 aromatic heterocycles. The van der Waals surface area contributed by atoms with Crippen LogP contribution in [0.4, 0.5) is 11.4 Å². The number of rotatable bonds is 5. The minimum absolute atomic E-state index is 0.297. The van der Waals surface area contributed by atoms with Gasteiger partial charge < -0.3 is 14.8 Å². The highest BCUT2D eigenvalue weighted by Gasteiger charge is 2.37. The van der Waals surface area contributed by atoms with Crippen molar-refractivity contribution in [3.63, 3.8) is 0 Å². The number of methoxy groups -OCH3 is 2. The van der Waals surface area contributed by atoms with Crippen LogP contribution in [0, 0.1) is 16.4 Å². The standard InChI is InChI=1S/C28H27IN2O2/c1-17-7-12-25-23(13-17)21-5-4-6-22(21)27(31-25)19-8-10-20(11-9-19)30-16-18-14-24(29)28(33-3)26(15-18)32-2/h4-5,7-16,21-22,27,31H,6H2,1-3H3/t21-,22+,27-/m0/s1. The Bertz CT molecular complexity index is 1230. The number of fused-ring (bicyclic) bond motifs is 3. The molecule has 3 aromatic rings. The Balaban J connectivity index is 1.37. The second-order valence-electron chi connectivity index (χ2n) is 8.65. The molecule has 0 saturated carbocycles. The molecule has 1 N–H and O–H groups in total. The van der Waals surface area contributed by atoms with E-state index in [1.807, 2.05) is 18.3 Å². The van der Waals surface area contributed by atoms with Crippen molar-refractivity contribution in [1.29, 1.82) is 0 Å². The lowest BCUT2D eigenvalue weighted by atomic mass is 9.76. The van der Waals surface area contributed by atoms with Crippen LogP contribution < -0.4 is 14.8 Å². The van der Waals surface area contributed by atoms with E-state index in [0.29, 0.717) is 23.6 Å². The number of allylic oxidation sites excluding steroid dienone is 2. The summed E-state index contributed by atoms with van der Waals surface area (Å²) in [4.78, 5) is 4.69. The summed E-state index contributed by atoms with van der Waals surface area (Å²) in [5.41, 5.74) is 7.21. The fourth-order valence-corrected chi connectivity index (χ4v) is 5.82. The molecule has 3 aromatic carbocycles. The molecule has 5 rings (SSSR count). The molecule has 0 radical (unpaired) electrons. The fraction of sp³-hybridized carbons (Fsp3) is 0.250. The minimum Gasteiger partial charge on any atom is -0.493 e. The maximum atomic E-state index is 5.46. The van der Waals surface area contributed by atoms with E-state index < -0.39 is 0 Å². The molecule has 0 saturated heterocycles. The third kappa shape index (κ3) is 4.26. The van der Waals surface area contributed by atoms with Gasteiger partial charge in [-0.1, -0.05) is 42.0 Å². The topological polar surface area (TPSA) is 42.8 Å². The largest absolute Gasteiger partial charge is 0.493 e. The molecule has 1 heterocycles. The Kier molecular flexibility index (Phi) is 6.15. The molecule has 2 aliphatic rings. The van der Waals surface area contributed by atoms with Gasteiger partial charge in [-0.3, -0.25) is 4.99 Å². The molecule has 1 aliphatic carbocycles. The van der Waals surface area contributed by atoms with E-state index in [9.17, 15) is 0 Å². The lowest BCUT2D eigenvalue weighted by molar-refractivity contribution is 0.353. The number of hydrogen-bond acceptors (Lipinski definition) is 4. The molecular weight excluding hydrogens is 523 g/mol.